The molecule has 3 aromatic rings. The molecule has 1 N–H and O–H groups in total. The second-order valence-electron chi connectivity index (χ2n) is 6.58. The third-order valence-corrected chi connectivity index (χ3v) is 5.79. The standard InChI is InChI=1S/C18H17N3O4S/c1-10-2-7-13-14(8-10)26-18-16(13)17(22)19-15(20-18)9-25-12-5-3-11(4-6-12)21(23)24/h3-6,10H,2,7-9H2,1H3,(H,19,20,22)/t10-/m0/s1. The monoisotopic (exact) mass is 371 g/mol. The van der Waals surface area contributed by atoms with Crippen molar-refractivity contribution in [1.29, 1.82) is 0 Å². The summed E-state index contributed by atoms with van der Waals surface area (Å²) in [6.45, 7) is 2.33. The molecular formula is C18H17N3O4S. The van der Waals surface area contributed by atoms with Crippen LogP contribution >= 0.6 is 11.3 Å². The molecule has 1 aliphatic rings. The van der Waals surface area contributed by atoms with Gasteiger partial charge in [0.05, 0.1) is 10.3 Å². The number of ether oxygens (including phenoxy) is 1. The van der Waals surface area contributed by atoms with Crippen molar-refractivity contribution in [3.8, 4) is 5.75 Å². The molecule has 1 aliphatic carbocycles. The Hall–Kier alpha value is -2.74. The number of hydrogen-bond acceptors (Lipinski definition) is 6. The summed E-state index contributed by atoms with van der Waals surface area (Å²) in [5, 5.41) is 11.4. The summed E-state index contributed by atoms with van der Waals surface area (Å²) in [6.07, 6.45) is 3.04. The van der Waals surface area contributed by atoms with Crippen LogP contribution in [-0.2, 0) is 19.4 Å². The summed E-state index contributed by atoms with van der Waals surface area (Å²) in [7, 11) is 0. The summed E-state index contributed by atoms with van der Waals surface area (Å²) in [5.74, 6) is 1.57. The SMILES string of the molecule is C[C@H]1CCc2c(sc3nc(COc4ccc([N+](=O)[O-])cc4)[nH]c(=O)c23)C1. The predicted octanol–water partition coefficient (Wildman–Crippen LogP) is 3.60. The van der Waals surface area contributed by atoms with Gasteiger partial charge in [0.1, 0.15) is 23.0 Å². The van der Waals surface area contributed by atoms with Gasteiger partial charge in [-0.2, -0.15) is 0 Å². The Morgan fingerprint density at radius 1 is 1.38 bits per heavy atom. The molecule has 8 heteroatoms. The number of H-pyrrole nitrogens is 1. The van der Waals surface area contributed by atoms with Crippen molar-refractivity contribution >= 4 is 27.2 Å². The van der Waals surface area contributed by atoms with Crippen molar-refractivity contribution in [3.05, 3.63) is 61.0 Å². The third kappa shape index (κ3) is 3.08. The van der Waals surface area contributed by atoms with Gasteiger partial charge in [-0.3, -0.25) is 14.9 Å². The van der Waals surface area contributed by atoms with Crippen LogP contribution in [0.5, 0.6) is 5.75 Å². The number of nitrogens with zero attached hydrogens (tertiary/aromatic N) is 2. The summed E-state index contributed by atoms with van der Waals surface area (Å²) in [6, 6.07) is 5.81. The van der Waals surface area contributed by atoms with Crippen LogP contribution in [0.15, 0.2) is 29.1 Å². The van der Waals surface area contributed by atoms with Gasteiger partial charge in [-0.25, -0.2) is 4.98 Å². The minimum Gasteiger partial charge on any atom is -0.486 e. The first-order chi connectivity index (χ1) is 12.5. The molecule has 0 saturated carbocycles. The van der Waals surface area contributed by atoms with Crippen molar-refractivity contribution in [3.63, 3.8) is 0 Å². The maximum absolute atomic E-state index is 12.5. The fourth-order valence-electron chi connectivity index (χ4n) is 3.28. The maximum atomic E-state index is 12.5. The normalized spacial score (nSPS) is 16.4. The van der Waals surface area contributed by atoms with Crippen LogP contribution in [-0.4, -0.2) is 14.9 Å². The first-order valence-corrected chi connectivity index (χ1v) is 9.23. The summed E-state index contributed by atoms with van der Waals surface area (Å²) in [5.41, 5.74) is 1.03. The van der Waals surface area contributed by atoms with Gasteiger partial charge < -0.3 is 9.72 Å². The molecule has 0 spiro atoms. The highest BCUT2D eigenvalue weighted by molar-refractivity contribution is 7.18. The molecule has 1 aromatic carbocycles. The zero-order valence-electron chi connectivity index (χ0n) is 14.2. The second-order valence-corrected chi connectivity index (χ2v) is 7.67. The molecule has 2 aromatic heterocycles. The Morgan fingerprint density at radius 3 is 2.88 bits per heavy atom. The van der Waals surface area contributed by atoms with E-state index in [1.165, 1.54) is 29.1 Å². The number of aromatic nitrogens is 2. The third-order valence-electron chi connectivity index (χ3n) is 4.64. The van der Waals surface area contributed by atoms with Crippen molar-refractivity contribution in [1.82, 2.24) is 9.97 Å². The lowest BCUT2D eigenvalue weighted by atomic mass is 9.89. The van der Waals surface area contributed by atoms with Crippen molar-refractivity contribution in [2.24, 2.45) is 5.92 Å². The molecule has 26 heavy (non-hydrogen) atoms. The molecule has 0 aliphatic heterocycles. The van der Waals surface area contributed by atoms with Crippen molar-refractivity contribution in [2.75, 3.05) is 0 Å². The van der Waals surface area contributed by atoms with E-state index in [1.807, 2.05) is 0 Å². The molecule has 0 unspecified atom stereocenters. The Balaban J connectivity index is 1.57. The lowest BCUT2D eigenvalue weighted by Crippen LogP contribution is -2.15. The fraction of sp³-hybridized carbons (Fsp3) is 0.333. The van der Waals surface area contributed by atoms with Crippen LogP contribution < -0.4 is 10.3 Å². The Morgan fingerprint density at radius 2 is 2.15 bits per heavy atom. The zero-order chi connectivity index (χ0) is 18.3. The quantitative estimate of drug-likeness (QED) is 0.558. The van der Waals surface area contributed by atoms with E-state index in [1.54, 1.807) is 11.3 Å². The molecule has 0 fully saturated rings. The van der Waals surface area contributed by atoms with E-state index < -0.39 is 4.92 Å². The number of aromatic amines is 1. The van der Waals surface area contributed by atoms with E-state index in [4.69, 9.17) is 4.74 Å². The summed E-state index contributed by atoms with van der Waals surface area (Å²) in [4.78, 5) is 32.1. The number of non-ortho nitro benzene ring substituents is 1. The molecule has 4 rings (SSSR count). The Bertz CT molecular complexity index is 1040. The fourth-order valence-corrected chi connectivity index (χ4v) is 4.68. The Labute approximate surface area is 152 Å². The molecule has 0 amide bonds. The zero-order valence-corrected chi connectivity index (χ0v) is 15.0. The van der Waals surface area contributed by atoms with Gasteiger partial charge in [-0.1, -0.05) is 6.92 Å². The van der Waals surface area contributed by atoms with Gasteiger partial charge in [-0.15, -0.1) is 11.3 Å². The number of nitrogens with one attached hydrogen (secondary N) is 1. The van der Waals surface area contributed by atoms with E-state index in [2.05, 4.69) is 16.9 Å². The van der Waals surface area contributed by atoms with Crippen LogP contribution in [0.3, 0.4) is 0 Å². The summed E-state index contributed by atoms with van der Waals surface area (Å²) >= 11 is 1.60. The molecule has 1 atom stereocenters. The van der Waals surface area contributed by atoms with Gasteiger partial charge in [0.2, 0.25) is 0 Å². The second kappa shape index (κ2) is 6.53. The van der Waals surface area contributed by atoms with Crippen LogP contribution in [0.25, 0.3) is 10.2 Å². The van der Waals surface area contributed by atoms with Gasteiger partial charge in [0, 0.05) is 17.0 Å². The van der Waals surface area contributed by atoms with Crippen molar-refractivity contribution in [2.45, 2.75) is 32.8 Å². The van der Waals surface area contributed by atoms with E-state index >= 15 is 0 Å². The molecule has 7 nitrogen and oxygen atoms in total. The molecule has 2 heterocycles. The van der Waals surface area contributed by atoms with Crippen LogP contribution in [0, 0.1) is 16.0 Å². The van der Waals surface area contributed by atoms with E-state index in [9.17, 15) is 14.9 Å². The van der Waals surface area contributed by atoms with E-state index in [0.717, 1.165) is 35.0 Å². The predicted molar refractivity (Wildman–Crippen MR) is 98.9 cm³/mol. The molecular weight excluding hydrogens is 354 g/mol. The first kappa shape index (κ1) is 16.7. The van der Waals surface area contributed by atoms with Gasteiger partial charge in [-0.05, 0) is 42.9 Å². The van der Waals surface area contributed by atoms with Crippen LogP contribution in [0.2, 0.25) is 0 Å². The molecule has 134 valence electrons. The maximum Gasteiger partial charge on any atom is 0.269 e. The first-order valence-electron chi connectivity index (χ1n) is 8.42. The number of rotatable bonds is 4. The highest BCUT2D eigenvalue weighted by Gasteiger charge is 2.23. The van der Waals surface area contributed by atoms with Crippen LogP contribution in [0.1, 0.15) is 29.6 Å². The largest absolute Gasteiger partial charge is 0.486 e. The number of nitro benzene ring substituents is 1. The average Bonchev–Trinajstić information content (AvgIpc) is 2.98. The minimum atomic E-state index is -0.462. The van der Waals surface area contributed by atoms with Crippen LogP contribution in [0.4, 0.5) is 5.69 Å². The molecule has 0 radical (unpaired) electrons. The number of thiophene rings is 1. The van der Waals surface area contributed by atoms with Gasteiger partial charge in [0.15, 0.2) is 0 Å². The minimum absolute atomic E-state index is 0.00342. The smallest absolute Gasteiger partial charge is 0.269 e. The summed E-state index contributed by atoms with van der Waals surface area (Å²) < 4.78 is 5.60. The number of aryl methyl sites for hydroxylation is 1. The molecule has 0 bridgehead atoms. The highest BCUT2D eigenvalue weighted by atomic mass is 32.1. The number of nitro groups is 1. The highest BCUT2D eigenvalue weighted by Crippen LogP contribution is 2.35. The lowest BCUT2D eigenvalue weighted by Gasteiger charge is -2.17. The van der Waals surface area contributed by atoms with Gasteiger partial charge >= 0.3 is 0 Å². The number of benzene rings is 1. The molecule has 0 saturated heterocycles. The Kier molecular flexibility index (Phi) is 4.20. The van der Waals surface area contributed by atoms with Gasteiger partial charge in [0.25, 0.3) is 11.2 Å². The lowest BCUT2D eigenvalue weighted by molar-refractivity contribution is -0.384. The number of hydrogen-bond donors (Lipinski definition) is 1. The topological polar surface area (TPSA) is 98.1 Å². The van der Waals surface area contributed by atoms with Crippen molar-refractivity contribution < 1.29 is 9.66 Å². The van der Waals surface area contributed by atoms with E-state index in [0.29, 0.717) is 17.5 Å². The number of fused-ring (bicyclic) bond motifs is 3. The van der Waals surface area contributed by atoms with E-state index in [-0.39, 0.29) is 17.9 Å². The average molecular weight is 371 g/mol.